The van der Waals surface area contributed by atoms with Crippen molar-refractivity contribution in [2.75, 3.05) is 20.1 Å². The van der Waals surface area contributed by atoms with E-state index in [1.54, 1.807) is 6.20 Å². The van der Waals surface area contributed by atoms with E-state index in [0.29, 0.717) is 17.2 Å². The number of nitrogens with zero attached hydrogens (tertiary/aromatic N) is 2. The Labute approximate surface area is 141 Å². The van der Waals surface area contributed by atoms with E-state index >= 15 is 0 Å². The van der Waals surface area contributed by atoms with Gasteiger partial charge in [-0.15, -0.1) is 0 Å². The van der Waals surface area contributed by atoms with E-state index in [1.807, 2.05) is 12.1 Å². The summed E-state index contributed by atoms with van der Waals surface area (Å²) in [6.45, 7) is 2.21. The molecule has 0 aliphatic carbocycles. The fourth-order valence-electron chi connectivity index (χ4n) is 3.26. The van der Waals surface area contributed by atoms with Crippen molar-refractivity contribution in [1.82, 2.24) is 9.88 Å². The first-order valence-corrected chi connectivity index (χ1v) is 8.19. The quantitative estimate of drug-likeness (QED) is 0.934. The van der Waals surface area contributed by atoms with Gasteiger partial charge in [0.05, 0.1) is 11.3 Å². The SMILES string of the molecule is CN1CCC(Cc2ccnc(-c3cc(F)ccc3C(=O)O)c2)CC1. The van der Waals surface area contributed by atoms with Crippen molar-refractivity contribution in [2.24, 2.45) is 5.92 Å². The summed E-state index contributed by atoms with van der Waals surface area (Å²) in [7, 11) is 2.14. The van der Waals surface area contributed by atoms with Crippen LogP contribution in [0.4, 0.5) is 4.39 Å². The number of hydrogen-bond acceptors (Lipinski definition) is 3. The lowest BCUT2D eigenvalue weighted by molar-refractivity contribution is 0.0697. The molecule has 1 aromatic heterocycles. The number of carbonyl (C=O) groups is 1. The zero-order valence-electron chi connectivity index (χ0n) is 13.7. The molecular weight excluding hydrogens is 307 g/mol. The van der Waals surface area contributed by atoms with Gasteiger partial charge < -0.3 is 10.0 Å². The van der Waals surface area contributed by atoms with Crippen LogP contribution in [0.25, 0.3) is 11.3 Å². The summed E-state index contributed by atoms with van der Waals surface area (Å²) < 4.78 is 13.6. The second-order valence-electron chi connectivity index (χ2n) is 6.50. The van der Waals surface area contributed by atoms with Crippen LogP contribution in [-0.2, 0) is 6.42 Å². The maximum absolute atomic E-state index is 13.6. The third-order valence-corrected chi connectivity index (χ3v) is 4.67. The summed E-state index contributed by atoms with van der Waals surface area (Å²) in [4.78, 5) is 18.0. The Hall–Kier alpha value is -2.27. The van der Waals surface area contributed by atoms with Crippen LogP contribution in [0.3, 0.4) is 0 Å². The number of aromatic nitrogens is 1. The van der Waals surface area contributed by atoms with Gasteiger partial charge in [0.1, 0.15) is 5.82 Å². The molecule has 0 atom stereocenters. The summed E-state index contributed by atoms with van der Waals surface area (Å²) >= 11 is 0. The number of pyridine rings is 1. The van der Waals surface area contributed by atoms with Crippen molar-refractivity contribution in [3.8, 4) is 11.3 Å². The van der Waals surface area contributed by atoms with Crippen LogP contribution in [0.2, 0.25) is 0 Å². The molecule has 2 heterocycles. The number of benzene rings is 1. The topological polar surface area (TPSA) is 53.4 Å². The molecule has 1 aliphatic heterocycles. The fraction of sp³-hybridized carbons (Fsp3) is 0.368. The highest BCUT2D eigenvalue weighted by molar-refractivity contribution is 5.95. The molecule has 1 aromatic carbocycles. The molecule has 126 valence electrons. The molecule has 24 heavy (non-hydrogen) atoms. The van der Waals surface area contributed by atoms with Gasteiger partial charge in [0.15, 0.2) is 0 Å². The van der Waals surface area contributed by atoms with E-state index < -0.39 is 11.8 Å². The first-order chi connectivity index (χ1) is 11.5. The molecule has 1 saturated heterocycles. The molecular formula is C19H21FN2O2. The Morgan fingerprint density at radius 2 is 2.04 bits per heavy atom. The monoisotopic (exact) mass is 328 g/mol. The predicted octanol–water partition coefficient (Wildman–Crippen LogP) is 3.47. The van der Waals surface area contributed by atoms with Gasteiger partial charge in [0, 0.05) is 11.8 Å². The van der Waals surface area contributed by atoms with Crippen molar-refractivity contribution < 1.29 is 14.3 Å². The number of halogens is 1. The predicted molar refractivity (Wildman–Crippen MR) is 90.5 cm³/mol. The average Bonchev–Trinajstić information content (AvgIpc) is 2.57. The van der Waals surface area contributed by atoms with Crippen molar-refractivity contribution >= 4 is 5.97 Å². The molecule has 0 unspecified atom stereocenters. The van der Waals surface area contributed by atoms with Gasteiger partial charge in [-0.2, -0.15) is 0 Å². The second kappa shape index (κ2) is 7.09. The van der Waals surface area contributed by atoms with E-state index in [-0.39, 0.29) is 5.56 Å². The van der Waals surface area contributed by atoms with Gasteiger partial charge >= 0.3 is 5.97 Å². The van der Waals surface area contributed by atoms with Crippen LogP contribution >= 0.6 is 0 Å². The van der Waals surface area contributed by atoms with Crippen LogP contribution in [0.1, 0.15) is 28.8 Å². The lowest BCUT2D eigenvalue weighted by Crippen LogP contribution is -2.30. The lowest BCUT2D eigenvalue weighted by atomic mass is 9.90. The highest BCUT2D eigenvalue weighted by Gasteiger charge is 2.18. The van der Waals surface area contributed by atoms with Crippen LogP contribution in [0.15, 0.2) is 36.5 Å². The number of carboxylic acids is 1. The summed E-state index contributed by atoms with van der Waals surface area (Å²) in [5, 5.41) is 9.32. The van der Waals surface area contributed by atoms with E-state index in [0.717, 1.165) is 44.0 Å². The molecule has 0 bridgehead atoms. The normalized spacial score (nSPS) is 16.2. The zero-order valence-corrected chi connectivity index (χ0v) is 13.7. The van der Waals surface area contributed by atoms with Crippen LogP contribution < -0.4 is 0 Å². The Kier molecular flexibility index (Phi) is 4.90. The maximum atomic E-state index is 13.6. The summed E-state index contributed by atoms with van der Waals surface area (Å²) in [5.74, 6) is -0.909. The van der Waals surface area contributed by atoms with Gasteiger partial charge in [0.2, 0.25) is 0 Å². The first kappa shape index (κ1) is 16.6. The second-order valence-corrected chi connectivity index (χ2v) is 6.50. The largest absolute Gasteiger partial charge is 0.478 e. The number of likely N-dealkylation sites (tertiary alicyclic amines) is 1. The molecule has 0 radical (unpaired) electrons. The summed E-state index contributed by atoms with van der Waals surface area (Å²) in [5.41, 5.74) is 2.03. The highest BCUT2D eigenvalue weighted by atomic mass is 19.1. The Bertz CT molecular complexity index is 740. The Balaban J connectivity index is 1.86. The Morgan fingerprint density at radius 1 is 1.29 bits per heavy atom. The van der Waals surface area contributed by atoms with Gasteiger partial charge in [-0.1, -0.05) is 0 Å². The third-order valence-electron chi connectivity index (χ3n) is 4.67. The number of rotatable bonds is 4. The van der Waals surface area contributed by atoms with Crippen LogP contribution in [0.5, 0.6) is 0 Å². The molecule has 1 N–H and O–H groups in total. The third kappa shape index (κ3) is 3.79. The number of piperidine rings is 1. The number of aromatic carboxylic acids is 1. The molecule has 2 aromatic rings. The standard InChI is InChI=1S/C19H21FN2O2/c1-22-8-5-13(6-9-22)10-14-4-7-21-18(11-14)17-12-15(20)2-3-16(17)19(23)24/h2-4,7,11-13H,5-6,8-10H2,1H3,(H,23,24). The molecule has 0 amide bonds. The van der Waals surface area contributed by atoms with Gasteiger partial charge in [-0.3, -0.25) is 4.98 Å². The van der Waals surface area contributed by atoms with Crippen molar-refractivity contribution in [3.63, 3.8) is 0 Å². The van der Waals surface area contributed by atoms with Gasteiger partial charge in [-0.05, 0) is 81.2 Å². The Morgan fingerprint density at radius 3 is 2.75 bits per heavy atom. The van der Waals surface area contributed by atoms with E-state index in [2.05, 4.69) is 16.9 Å². The molecule has 0 saturated carbocycles. The van der Waals surface area contributed by atoms with Gasteiger partial charge in [-0.25, -0.2) is 9.18 Å². The minimum absolute atomic E-state index is 0.0698. The smallest absolute Gasteiger partial charge is 0.336 e. The lowest BCUT2D eigenvalue weighted by Gasteiger charge is -2.29. The van der Waals surface area contributed by atoms with Crippen molar-refractivity contribution in [3.05, 3.63) is 53.5 Å². The number of carboxylic acid groups (broad SMARTS) is 1. The van der Waals surface area contributed by atoms with E-state index in [4.69, 9.17) is 0 Å². The minimum Gasteiger partial charge on any atom is -0.478 e. The summed E-state index contributed by atoms with van der Waals surface area (Å²) in [6, 6.07) is 7.54. The molecule has 5 heteroatoms. The van der Waals surface area contributed by atoms with Gasteiger partial charge in [0.25, 0.3) is 0 Å². The molecule has 1 aliphatic rings. The van der Waals surface area contributed by atoms with Crippen LogP contribution in [-0.4, -0.2) is 41.1 Å². The maximum Gasteiger partial charge on any atom is 0.336 e. The van der Waals surface area contributed by atoms with Crippen molar-refractivity contribution in [2.45, 2.75) is 19.3 Å². The van der Waals surface area contributed by atoms with Crippen LogP contribution in [0, 0.1) is 11.7 Å². The van der Waals surface area contributed by atoms with Crippen molar-refractivity contribution in [1.29, 1.82) is 0 Å². The molecule has 1 fully saturated rings. The zero-order chi connectivity index (χ0) is 17.1. The minimum atomic E-state index is -1.08. The molecule has 3 rings (SSSR count). The molecule has 0 spiro atoms. The van der Waals surface area contributed by atoms with E-state index in [9.17, 15) is 14.3 Å². The highest BCUT2D eigenvalue weighted by Crippen LogP contribution is 2.26. The first-order valence-electron chi connectivity index (χ1n) is 8.19. The number of hydrogen-bond donors (Lipinski definition) is 1. The molecule has 4 nitrogen and oxygen atoms in total. The van der Waals surface area contributed by atoms with E-state index in [1.165, 1.54) is 12.1 Å². The average molecular weight is 328 g/mol. The fourth-order valence-corrected chi connectivity index (χ4v) is 3.26. The summed E-state index contributed by atoms with van der Waals surface area (Å²) in [6.07, 6.45) is 4.94.